The van der Waals surface area contributed by atoms with Gasteiger partial charge in [0.1, 0.15) is 5.65 Å². The highest BCUT2D eigenvalue weighted by molar-refractivity contribution is 5.93. The lowest BCUT2D eigenvalue weighted by Crippen LogP contribution is -2.48. The van der Waals surface area contributed by atoms with Crippen molar-refractivity contribution in [1.82, 2.24) is 19.2 Å². The van der Waals surface area contributed by atoms with Crippen molar-refractivity contribution in [1.29, 1.82) is 0 Å². The Morgan fingerprint density at radius 3 is 2.80 bits per heavy atom. The van der Waals surface area contributed by atoms with Gasteiger partial charge >= 0.3 is 0 Å². The molecule has 0 N–H and O–H groups in total. The first-order valence-corrected chi connectivity index (χ1v) is 8.64. The number of aromatic nitrogens is 2. The van der Waals surface area contributed by atoms with Gasteiger partial charge < -0.3 is 9.80 Å². The summed E-state index contributed by atoms with van der Waals surface area (Å²) in [5.41, 5.74) is 1.26. The Bertz CT molecular complexity index is 862. The van der Waals surface area contributed by atoms with Crippen molar-refractivity contribution in [3.63, 3.8) is 0 Å². The summed E-state index contributed by atoms with van der Waals surface area (Å²) in [7, 11) is 0. The number of piperidine rings is 1. The molecule has 3 aliphatic rings. The summed E-state index contributed by atoms with van der Waals surface area (Å²) in [5, 5.41) is 0. The van der Waals surface area contributed by atoms with Gasteiger partial charge in [0.05, 0.1) is 0 Å². The van der Waals surface area contributed by atoms with Gasteiger partial charge in [-0.15, -0.1) is 0 Å². The summed E-state index contributed by atoms with van der Waals surface area (Å²) in [6.07, 6.45) is 3.43. The van der Waals surface area contributed by atoms with Gasteiger partial charge in [-0.3, -0.25) is 14.0 Å². The molecule has 0 spiro atoms. The predicted octanol–water partition coefficient (Wildman–Crippen LogP) is 1.86. The molecule has 0 radical (unpaired) electrons. The van der Waals surface area contributed by atoms with E-state index in [0.29, 0.717) is 25.3 Å². The fraction of sp³-hybridized carbons (Fsp3) is 0.500. The Balaban J connectivity index is 1.67. The van der Waals surface area contributed by atoms with E-state index in [9.17, 15) is 14.0 Å². The minimum atomic E-state index is -0.622. The zero-order valence-electron chi connectivity index (χ0n) is 14.4. The van der Waals surface area contributed by atoms with Crippen molar-refractivity contribution >= 4 is 17.5 Å². The van der Waals surface area contributed by atoms with E-state index in [1.54, 1.807) is 35.1 Å². The van der Waals surface area contributed by atoms with Gasteiger partial charge in [0.15, 0.2) is 5.69 Å². The molecule has 7 heteroatoms. The molecule has 5 rings (SSSR count). The number of hydrogen-bond donors (Lipinski definition) is 0. The van der Waals surface area contributed by atoms with E-state index in [1.807, 2.05) is 6.92 Å². The van der Waals surface area contributed by atoms with E-state index in [-0.39, 0.29) is 29.5 Å². The zero-order chi connectivity index (χ0) is 17.7. The zero-order valence-corrected chi connectivity index (χ0v) is 14.4. The van der Waals surface area contributed by atoms with E-state index >= 15 is 0 Å². The highest BCUT2D eigenvalue weighted by Crippen LogP contribution is 2.29. The summed E-state index contributed by atoms with van der Waals surface area (Å²) < 4.78 is 16.0. The van der Waals surface area contributed by atoms with Crippen LogP contribution in [0.1, 0.15) is 35.8 Å². The second-order valence-electron chi connectivity index (χ2n) is 7.16. The molecule has 25 heavy (non-hydrogen) atoms. The average Bonchev–Trinajstić information content (AvgIpc) is 2.76. The van der Waals surface area contributed by atoms with Crippen LogP contribution < -0.4 is 0 Å². The fourth-order valence-corrected chi connectivity index (χ4v) is 3.98. The standard InChI is InChI=1S/C18H21FN4O2/c1-11-5-6-22-15(7-11)20-16(17(22)19)18(25)23-9-13-3-4-14(23)10-21(8-13)12(2)24/h5-7,13-14H,3-4,8-10H2,1-2H3/t13-,14+/m0/s1. The molecule has 0 aromatic carbocycles. The Kier molecular flexibility index (Phi) is 3.74. The Morgan fingerprint density at radius 1 is 1.24 bits per heavy atom. The first-order valence-electron chi connectivity index (χ1n) is 8.64. The van der Waals surface area contributed by atoms with Crippen LogP contribution in [-0.4, -0.2) is 56.7 Å². The molecule has 2 bridgehead atoms. The molecule has 3 aliphatic heterocycles. The van der Waals surface area contributed by atoms with Crippen molar-refractivity contribution in [2.45, 2.75) is 32.7 Å². The molecule has 5 heterocycles. The molecule has 0 aliphatic carbocycles. The van der Waals surface area contributed by atoms with Crippen molar-refractivity contribution in [3.8, 4) is 0 Å². The number of hydrogen-bond acceptors (Lipinski definition) is 3. The van der Waals surface area contributed by atoms with E-state index in [2.05, 4.69) is 4.98 Å². The number of pyridine rings is 1. The third-order valence-corrected chi connectivity index (χ3v) is 5.35. The lowest BCUT2D eigenvalue weighted by Gasteiger charge is -2.35. The normalized spacial score (nSPS) is 23.2. The van der Waals surface area contributed by atoms with E-state index in [0.717, 1.165) is 18.4 Å². The largest absolute Gasteiger partial charge is 0.341 e. The number of imidazole rings is 1. The summed E-state index contributed by atoms with van der Waals surface area (Å²) >= 11 is 0. The number of carbonyl (C=O) groups is 2. The predicted molar refractivity (Wildman–Crippen MR) is 89.7 cm³/mol. The van der Waals surface area contributed by atoms with Gasteiger partial charge in [-0.2, -0.15) is 4.39 Å². The molecule has 2 amide bonds. The molecule has 2 aromatic heterocycles. The lowest BCUT2D eigenvalue weighted by molar-refractivity contribution is -0.129. The van der Waals surface area contributed by atoms with Crippen molar-refractivity contribution in [3.05, 3.63) is 35.5 Å². The molecular formula is C18H21FN4O2. The van der Waals surface area contributed by atoms with Crippen LogP contribution in [-0.2, 0) is 4.79 Å². The first-order chi connectivity index (χ1) is 11.9. The molecule has 132 valence electrons. The number of carbonyl (C=O) groups excluding carboxylic acids is 2. The lowest BCUT2D eigenvalue weighted by atomic mass is 9.95. The summed E-state index contributed by atoms with van der Waals surface area (Å²) in [4.78, 5) is 32.5. The molecular weight excluding hydrogens is 323 g/mol. The van der Waals surface area contributed by atoms with E-state index in [1.165, 1.54) is 4.40 Å². The number of aryl methyl sites for hydroxylation is 1. The molecule has 0 saturated carbocycles. The number of amides is 2. The number of fused-ring (bicyclic) bond motifs is 5. The summed E-state index contributed by atoms with van der Waals surface area (Å²) in [6.45, 7) is 5.20. The van der Waals surface area contributed by atoms with Crippen LogP contribution in [0.3, 0.4) is 0 Å². The number of halogens is 1. The van der Waals surface area contributed by atoms with Crippen LogP contribution in [0.5, 0.6) is 0 Å². The maximum absolute atomic E-state index is 14.7. The van der Waals surface area contributed by atoms with Crippen molar-refractivity contribution < 1.29 is 14.0 Å². The summed E-state index contributed by atoms with van der Waals surface area (Å²) in [5.74, 6) is -0.725. The maximum atomic E-state index is 14.7. The third-order valence-electron chi connectivity index (χ3n) is 5.35. The molecule has 0 unspecified atom stereocenters. The SMILES string of the molecule is CC(=O)N1C[C@@H]2CC[C@H](C1)N(C(=O)c1nc3cc(C)ccn3c1F)C2. The Labute approximate surface area is 145 Å². The van der Waals surface area contributed by atoms with Crippen LogP contribution in [0.25, 0.3) is 5.65 Å². The molecule has 2 aromatic rings. The Morgan fingerprint density at radius 2 is 2.04 bits per heavy atom. The maximum Gasteiger partial charge on any atom is 0.277 e. The second-order valence-corrected chi connectivity index (χ2v) is 7.16. The third kappa shape index (κ3) is 2.67. The molecule has 6 nitrogen and oxygen atoms in total. The molecule has 3 fully saturated rings. The van der Waals surface area contributed by atoms with Crippen LogP contribution in [0.15, 0.2) is 18.3 Å². The quantitative estimate of drug-likeness (QED) is 0.793. The number of rotatable bonds is 1. The smallest absolute Gasteiger partial charge is 0.277 e. The minimum Gasteiger partial charge on any atom is -0.341 e. The highest BCUT2D eigenvalue weighted by atomic mass is 19.1. The van der Waals surface area contributed by atoms with Gasteiger partial charge in [0, 0.05) is 38.8 Å². The van der Waals surface area contributed by atoms with Gasteiger partial charge in [0.25, 0.3) is 5.91 Å². The monoisotopic (exact) mass is 344 g/mol. The Hall–Kier alpha value is -2.44. The number of nitrogens with zero attached hydrogens (tertiary/aromatic N) is 4. The second kappa shape index (κ2) is 5.82. The summed E-state index contributed by atoms with van der Waals surface area (Å²) in [6, 6.07) is 3.47. The van der Waals surface area contributed by atoms with Crippen molar-refractivity contribution in [2.75, 3.05) is 19.6 Å². The van der Waals surface area contributed by atoms with Crippen LogP contribution in [0, 0.1) is 18.8 Å². The average molecular weight is 344 g/mol. The van der Waals surface area contributed by atoms with Crippen molar-refractivity contribution in [2.24, 2.45) is 5.92 Å². The fourth-order valence-electron chi connectivity index (χ4n) is 3.98. The van der Waals surface area contributed by atoms with Gasteiger partial charge in [-0.25, -0.2) is 4.98 Å². The van der Waals surface area contributed by atoms with Crippen LogP contribution >= 0.6 is 0 Å². The molecule has 2 atom stereocenters. The van der Waals surface area contributed by atoms with Gasteiger partial charge in [-0.05, 0) is 43.4 Å². The van der Waals surface area contributed by atoms with Crippen LogP contribution in [0.2, 0.25) is 0 Å². The minimum absolute atomic E-state index is 0.0283. The topological polar surface area (TPSA) is 57.9 Å². The van der Waals surface area contributed by atoms with Gasteiger partial charge in [-0.1, -0.05) is 0 Å². The first kappa shape index (κ1) is 16.1. The van der Waals surface area contributed by atoms with Gasteiger partial charge in [0.2, 0.25) is 11.9 Å². The molecule has 3 saturated heterocycles. The van der Waals surface area contributed by atoms with Crippen LogP contribution in [0.4, 0.5) is 4.39 Å². The van der Waals surface area contributed by atoms with E-state index in [4.69, 9.17) is 0 Å². The van der Waals surface area contributed by atoms with E-state index < -0.39 is 5.95 Å². The highest BCUT2D eigenvalue weighted by Gasteiger charge is 2.39.